The molecule has 162 valence electrons. The van der Waals surface area contributed by atoms with Crippen LogP contribution in [-0.2, 0) is 27.7 Å². The third-order valence-corrected chi connectivity index (χ3v) is 6.82. The number of aryl methyl sites for hydroxylation is 2. The molecule has 0 aromatic heterocycles. The molecule has 1 N–H and O–H groups in total. The summed E-state index contributed by atoms with van der Waals surface area (Å²) < 4.78 is 31.5. The van der Waals surface area contributed by atoms with Gasteiger partial charge >= 0.3 is 0 Å². The van der Waals surface area contributed by atoms with Gasteiger partial charge in [-0.1, -0.05) is 25.1 Å². The minimum Gasteiger partial charge on any atom is -0.497 e. The van der Waals surface area contributed by atoms with Crippen molar-refractivity contribution in [3.63, 3.8) is 0 Å². The molecule has 1 aliphatic carbocycles. The van der Waals surface area contributed by atoms with Crippen LogP contribution in [0.5, 0.6) is 5.75 Å². The highest BCUT2D eigenvalue weighted by Crippen LogP contribution is 2.27. The van der Waals surface area contributed by atoms with E-state index in [1.807, 2.05) is 19.9 Å². The number of sulfonamides is 1. The Morgan fingerprint density at radius 3 is 2.40 bits per heavy atom. The molecule has 0 fully saturated rings. The van der Waals surface area contributed by atoms with Gasteiger partial charge in [-0.2, -0.15) is 0 Å². The number of rotatable bonds is 8. The summed E-state index contributed by atoms with van der Waals surface area (Å²) in [5, 5.41) is 3.01. The van der Waals surface area contributed by atoms with E-state index in [-0.39, 0.29) is 11.9 Å². The fourth-order valence-electron chi connectivity index (χ4n) is 4.04. The third kappa shape index (κ3) is 4.78. The zero-order valence-corrected chi connectivity index (χ0v) is 18.8. The van der Waals surface area contributed by atoms with E-state index in [0.717, 1.165) is 24.7 Å². The molecule has 30 heavy (non-hydrogen) atoms. The van der Waals surface area contributed by atoms with Gasteiger partial charge in [-0.25, -0.2) is 8.42 Å². The van der Waals surface area contributed by atoms with Crippen molar-refractivity contribution in [1.29, 1.82) is 0 Å². The number of amides is 1. The van der Waals surface area contributed by atoms with E-state index in [1.54, 1.807) is 31.4 Å². The van der Waals surface area contributed by atoms with Gasteiger partial charge in [0, 0.05) is 0 Å². The molecule has 0 heterocycles. The highest BCUT2D eigenvalue weighted by Gasteiger charge is 2.32. The fourth-order valence-corrected chi connectivity index (χ4v) is 5.26. The average molecular weight is 431 g/mol. The molecular formula is C23H30N2O4S. The summed E-state index contributed by atoms with van der Waals surface area (Å²) in [5.74, 6) is 0.307. The number of carbonyl (C=O) groups excluding carboxylic acids is 1. The number of benzene rings is 2. The van der Waals surface area contributed by atoms with Gasteiger partial charge in [-0.05, 0) is 73.6 Å². The van der Waals surface area contributed by atoms with E-state index in [1.165, 1.54) is 21.9 Å². The molecule has 2 aromatic carbocycles. The van der Waals surface area contributed by atoms with E-state index in [0.29, 0.717) is 17.9 Å². The van der Waals surface area contributed by atoms with Gasteiger partial charge in [0.15, 0.2) is 0 Å². The molecule has 2 atom stereocenters. The van der Waals surface area contributed by atoms with Crippen LogP contribution in [0.1, 0.15) is 49.4 Å². The van der Waals surface area contributed by atoms with Crippen molar-refractivity contribution in [2.75, 3.05) is 17.7 Å². The third-order valence-electron chi connectivity index (χ3n) is 5.64. The maximum absolute atomic E-state index is 13.1. The van der Waals surface area contributed by atoms with E-state index in [9.17, 15) is 13.2 Å². The predicted molar refractivity (Wildman–Crippen MR) is 119 cm³/mol. The molecule has 0 saturated heterocycles. The minimum atomic E-state index is -3.67. The van der Waals surface area contributed by atoms with Crippen molar-refractivity contribution in [3.8, 4) is 5.75 Å². The maximum Gasteiger partial charge on any atom is 0.244 e. The van der Waals surface area contributed by atoms with E-state index < -0.39 is 16.1 Å². The topological polar surface area (TPSA) is 75.7 Å². The van der Waals surface area contributed by atoms with Gasteiger partial charge in [-0.15, -0.1) is 0 Å². The first-order valence-electron chi connectivity index (χ1n) is 10.3. The van der Waals surface area contributed by atoms with Crippen LogP contribution in [0.2, 0.25) is 0 Å². The monoisotopic (exact) mass is 430 g/mol. The Kier molecular flexibility index (Phi) is 6.71. The van der Waals surface area contributed by atoms with Crippen LogP contribution in [0.3, 0.4) is 0 Å². The van der Waals surface area contributed by atoms with Crippen LogP contribution in [0.4, 0.5) is 5.69 Å². The van der Waals surface area contributed by atoms with Crippen molar-refractivity contribution >= 4 is 21.6 Å². The molecule has 0 bridgehead atoms. The van der Waals surface area contributed by atoms with Crippen LogP contribution in [0.25, 0.3) is 0 Å². The van der Waals surface area contributed by atoms with E-state index >= 15 is 0 Å². The fraction of sp³-hybridized carbons (Fsp3) is 0.435. The molecule has 6 nitrogen and oxygen atoms in total. The van der Waals surface area contributed by atoms with Crippen molar-refractivity contribution in [2.24, 2.45) is 0 Å². The molecule has 2 aromatic rings. The first-order chi connectivity index (χ1) is 14.2. The second-order valence-electron chi connectivity index (χ2n) is 7.79. The lowest BCUT2D eigenvalue weighted by atomic mass is 10.0. The average Bonchev–Trinajstić information content (AvgIpc) is 3.18. The molecule has 1 amide bonds. The van der Waals surface area contributed by atoms with Gasteiger partial charge < -0.3 is 10.1 Å². The molecule has 0 saturated carbocycles. The van der Waals surface area contributed by atoms with Gasteiger partial charge in [0.25, 0.3) is 0 Å². The quantitative estimate of drug-likeness (QED) is 0.694. The molecule has 0 radical (unpaired) electrons. The molecule has 3 rings (SSSR count). The van der Waals surface area contributed by atoms with Crippen molar-refractivity contribution in [3.05, 3.63) is 59.2 Å². The Morgan fingerprint density at radius 2 is 1.80 bits per heavy atom. The highest BCUT2D eigenvalue weighted by atomic mass is 32.2. The summed E-state index contributed by atoms with van der Waals surface area (Å²) >= 11 is 0. The minimum absolute atomic E-state index is 0.213. The molecule has 7 heteroatoms. The Bertz CT molecular complexity index is 1000. The Hall–Kier alpha value is -2.54. The Labute approximate surface area is 179 Å². The Morgan fingerprint density at radius 1 is 1.13 bits per heavy atom. The second-order valence-corrected chi connectivity index (χ2v) is 9.65. The zero-order chi connectivity index (χ0) is 21.9. The SMILES string of the molecule is CC[C@@H](C(=O)N[C@H](C)c1ccc2c(c1)CCC2)N(c1ccc(OC)cc1)S(C)(=O)=O. The van der Waals surface area contributed by atoms with Crippen molar-refractivity contribution < 1.29 is 17.9 Å². The molecule has 0 spiro atoms. The Balaban J connectivity index is 1.83. The van der Waals surface area contributed by atoms with Crippen molar-refractivity contribution in [2.45, 2.75) is 51.6 Å². The van der Waals surface area contributed by atoms with Gasteiger partial charge in [-0.3, -0.25) is 9.10 Å². The van der Waals surface area contributed by atoms with Crippen LogP contribution in [0, 0.1) is 0 Å². The number of fused-ring (bicyclic) bond motifs is 1. The highest BCUT2D eigenvalue weighted by molar-refractivity contribution is 7.92. The maximum atomic E-state index is 13.1. The number of methoxy groups -OCH3 is 1. The van der Waals surface area contributed by atoms with Crippen molar-refractivity contribution in [1.82, 2.24) is 5.32 Å². The predicted octanol–water partition coefficient (Wildman–Crippen LogP) is 3.61. The summed E-state index contributed by atoms with van der Waals surface area (Å²) in [7, 11) is -2.12. The molecule has 1 aliphatic rings. The number of ether oxygens (including phenoxy) is 1. The lowest BCUT2D eigenvalue weighted by Crippen LogP contribution is -2.49. The summed E-state index contributed by atoms with van der Waals surface area (Å²) in [5.41, 5.74) is 4.20. The van der Waals surface area contributed by atoms with E-state index in [2.05, 4.69) is 17.4 Å². The van der Waals surface area contributed by atoms with Crippen LogP contribution in [-0.4, -0.2) is 33.7 Å². The number of hydrogen-bond donors (Lipinski definition) is 1. The largest absolute Gasteiger partial charge is 0.497 e. The van der Waals surface area contributed by atoms with E-state index in [4.69, 9.17) is 4.74 Å². The molecule has 0 unspecified atom stereocenters. The van der Waals surface area contributed by atoms with Gasteiger partial charge in [0.2, 0.25) is 15.9 Å². The second kappa shape index (κ2) is 9.08. The zero-order valence-electron chi connectivity index (χ0n) is 18.0. The number of anilines is 1. The summed E-state index contributed by atoms with van der Waals surface area (Å²) in [6, 6.07) is 12.0. The van der Waals surface area contributed by atoms with Crippen LogP contribution >= 0.6 is 0 Å². The van der Waals surface area contributed by atoms with Gasteiger partial charge in [0.1, 0.15) is 11.8 Å². The standard InChI is InChI=1S/C23H30N2O4S/c1-5-22(25(30(4,27)28)20-11-13-21(29-3)14-12-20)23(26)24-16(2)18-10-9-17-7-6-8-19(17)15-18/h9-16,22H,5-8H2,1-4H3,(H,24,26)/t16-,22+/m1/s1. The normalized spacial score (nSPS) is 15.2. The number of carbonyl (C=O) groups is 1. The lowest BCUT2D eigenvalue weighted by Gasteiger charge is -2.31. The van der Waals surface area contributed by atoms with Crippen LogP contribution in [0.15, 0.2) is 42.5 Å². The number of nitrogens with zero attached hydrogens (tertiary/aromatic N) is 1. The van der Waals surface area contributed by atoms with Gasteiger partial charge in [0.05, 0.1) is 25.1 Å². The first-order valence-corrected chi connectivity index (χ1v) is 12.1. The summed E-state index contributed by atoms with van der Waals surface area (Å²) in [6.07, 6.45) is 4.82. The van der Waals surface area contributed by atoms with Crippen LogP contribution < -0.4 is 14.4 Å². The number of nitrogens with one attached hydrogen (secondary N) is 1. The molecular weight excluding hydrogens is 400 g/mol. The first kappa shape index (κ1) is 22.2. The lowest BCUT2D eigenvalue weighted by molar-refractivity contribution is -0.122. The summed E-state index contributed by atoms with van der Waals surface area (Å²) in [6.45, 7) is 3.74. The summed E-state index contributed by atoms with van der Waals surface area (Å²) in [4.78, 5) is 13.1. The smallest absolute Gasteiger partial charge is 0.244 e. The number of hydrogen-bond acceptors (Lipinski definition) is 4. The molecule has 0 aliphatic heterocycles.